The summed E-state index contributed by atoms with van der Waals surface area (Å²) in [4.78, 5) is 14.7. The monoisotopic (exact) mass is 523 g/mol. The molecule has 1 unspecified atom stereocenters. The van der Waals surface area contributed by atoms with Crippen LogP contribution in [0.3, 0.4) is 0 Å². The molecule has 0 saturated carbocycles. The Morgan fingerprint density at radius 3 is 2.38 bits per heavy atom. The van der Waals surface area contributed by atoms with Gasteiger partial charge in [0.2, 0.25) is 0 Å². The fraction of sp³-hybridized carbons (Fsp3) is 0.324. The van der Waals surface area contributed by atoms with Crippen molar-refractivity contribution < 1.29 is 19.0 Å². The largest absolute Gasteiger partial charge is 0.497 e. The first kappa shape index (κ1) is 26.8. The highest BCUT2D eigenvalue weighted by Crippen LogP contribution is 2.34. The molecule has 5 nitrogen and oxygen atoms in total. The Balaban J connectivity index is 1.39. The van der Waals surface area contributed by atoms with Gasteiger partial charge in [-0.15, -0.1) is 0 Å². The minimum Gasteiger partial charge on any atom is -0.497 e. The average molecular weight is 524 g/mol. The third-order valence-corrected chi connectivity index (χ3v) is 7.23. The normalized spacial score (nSPS) is 17.7. The van der Waals surface area contributed by atoms with Gasteiger partial charge >= 0.3 is 6.09 Å². The van der Waals surface area contributed by atoms with Crippen LogP contribution in [0.15, 0.2) is 91.0 Å². The number of nitrogens with zero attached hydrogens (tertiary/aromatic N) is 1. The number of likely N-dealkylation sites (tertiary alicyclic amines) is 1. The lowest BCUT2D eigenvalue weighted by Gasteiger charge is -2.39. The van der Waals surface area contributed by atoms with E-state index in [2.05, 4.69) is 78.9 Å². The molecule has 1 heterocycles. The number of rotatable bonds is 6. The second-order valence-corrected chi connectivity index (χ2v) is 11.2. The molecule has 0 N–H and O–H groups in total. The number of carbonyl (C=O) groups is 1. The van der Waals surface area contributed by atoms with Crippen LogP contribution in [0, 0.1) is 0 Å². The fourth-order valence-corrected chi connectivity index (χ4v) is 5.22. The van der Waals surface area contributed by atoms with E-state index in [0.717, 1.165) is 28.9 Å². The molecule has 0 aromatic heterocycles. The van der Waals surface area contributed by atoms with Gasteiger partial charge in [0.15, 0.2) is 0 Å². The van der Waals surface area contributed by atoms with Gasteiger partial charge in [-0.05, 0) is 78.4 Å². The van der Waals surface area contributed by atoms with Crippen molar-refractivity contribution in [2.45, 2.75) is 51.4 Å². The van der Waals surface area contributed by atoms with Gasteiger partial charge in [0.1, 0.15) is 11.4 Å². The lowest BCUT2D eigenvalue weighted by atomic mass is 9.85. The van der Waals surface area contributed by atoms with Gasteiger partial charge in [-0.3, -0.25) is 0 Å². The zero-order valence-corrected chi connectivity index (χ0v) is 23.2. The fourth-order valence-electron chi connectivity index (χ4n) is 5.22. The van der Waals surface area contributed by atoms with Crippen molar-refractivity contribution in [1.29, 1.82) is 0 Å². The molecule has 5 rings (SSSR count). The van der Waals surface area contributed by atoms with Crippen LogP contribution >= 0.6 is 0 Å². The predicted molar refractivity (Wildman–Crippen MR) is 156 cm³/mol. The van der Waals surface area contributed by atoms with Crippen molar-refractivity contribution in [1.82, 2.24) is 4.90 Å². The van der Waals surface area contributed by atoms with Crippen molar-refractivity contribution in [3.8, 4) is 16.9 Å². The molecule has 1 aliphatic rings. The van der Waals surface area contributed by atoms with E-state index in [-0.39, 0.29) is 18.1 Å². The van der Waals surface area contributed by atoms with E-state index in [9.17, 15) is 4.79 Å². The summed E-state index contributed by atoms with van der Waals surface area (Å²) in [5, 5.41) is 2.41. The molecule has 1 saturated heterocycles. The number of ether oxygens (including phenoxy) is 3. The summed E-state index contributed by atoms with van der Waals surface area (Å²) in [5.41, 5.74) is 4.09. The van der Waals surface area contributed by atoms with Gasteiger partial charge < -0.3 is 19.1 Å². The molecule has 1 amide bonds. The van der Waals surface area contributed by atoms with Gasteiger partial charge in [0.25, 0.3) is 0 Å². The maximum atomic E-state index is 13.0. The third kappa shape index (κ3) is 6.61. The first-order valence-corrected chi connectivity index (χ1v) is 13.6. The van der Waals surface area contributed by atoms with Gasteiger partial charge in [-0.1, -0.05) is 72.8 Å². The Morgan fingerprint density at radius 1 is 0.872 bits per heavy atom. The van der Waals surface area contributed by atoms with Crippen molar-refractivity contribution in [3.63, 3.8) is 0 Å². The Bertz CT molecular complexity index is 1420. The van der Waals surface area contributed by atoms with E-state index in [1.165, 1.54) is 16.3 Å². The van der Waals surface area contributed by atoms with Crippen molar-refractivity contribution >= 4 is 16.9 Å². The molecule has 0 radical (unpaired) electrons. The average Bonchev–Trinajstić information content (AvgIpc) is 2.95. The zero-order chi connectivity index (χ0) is 27.4. The Hall–Kier alpha value is -3.83. The van der Waals surface area contributed by atoms with Crippen LogP contribution in [-0.4, -0.2) is 42.9 Å². The molecular weight excluding hydrogens is 486 g/mol. The standard InChI is InChI=1S/C34H37NO4/c1-34(2,3)39-33(36)35-19-18-31(29-11-7-10-28(21-29)26-14-16-30(37-4)17-15-26)32(22-35)38-23-24-12-13-25-8-5-6-9-27(25)20-24/h5-17,20-21,31-32H,18-19,22-23H2,1-4H3/t31-,32?/m1/s1. The molecular formula is C34H37NO4. The number of carbonyl (C=O) groups excluding carboxylic acids is 1. The number of methoxy groups -OCH3 is 1. The van der Waals surface area contributed by atoms with E-state index in [1.54, 1.807) is 12.0 Å². The number of piperidine rings is 1. The maximum Gasteiger partial charge on any atom is 0.410 e. The van der Waals surface area contributed by atoms with Crippen LogP contribution < -0.4 is 4.74 Å². The van der Waals surface area contributed by atoms with Crippen molar-refractivity contribution in [2.75, 3.05) is 20.2 Å². The van der Waals surface area contributed by atoms with Gasteiger partial charge in [0, 0.05) is 12.5 Å². The second-order valence-electron chi connectivity index (χ2n) is 11.2. The van der Waals surface area contributed by atoms with Crippen LogP contribution in [0.5, 0.6) is 5.75 Å². The summed E-state index contributed by atoms with van der Waals surface area (Å²) in [6, 6.07) is 31.6. The SMILES string of the molecule is COc1ccc(-c2cccc([C@H]3CCN(C(=O)OC(C)(C)C)CC3OCc3ccc4ccccc4c3)c2)cc1. The molecule has 2 atom stereocenters. The van der Waals surface area contributed by atoms with E-state index in [1.807, 2.05) is 32.9 Å². The summed E-state index contributed by atoms with van der Waals surface area (Å²) in [6.45, 7) is 7.29. The van der Waals surface area contributed by atoms with Crippen molar-refractivity contribution in [2.24, 2.45) is 0 Å². The summed E-state index contributed by atoms with van der Waals surface area (Å²) in [5.74, 6) is 0.994. The number of amides is 1. The third-order valence-electron chi connectivity index (χ3n) is 7.23. The maximum absolute atomic E-state index is 13.0. The Morgan fingerprint density at radius 2 is 1.64 bits per heavy atom. The Labute approximate surface area is 231 Å². The molecule has 5 heteroatoms. The van der Waals surface area contributed by atoms with Crippen LogP contribution in [0.4, 0.5) is 4.79 Å². The van der Waals surface area contributed by atoms with Gasteiger partial charge in [-0.2, -0.15) is 0 Å². The molecule has 1 fully saturated rings. The Kier molecular flexibility index (Phi) is 7.89. The number of hydrogen-bond donors (Lipinski definition) is 0. The van der Waals surface area contributed by atoms with Crippen molar-refractivity contribution in [3.05, 3.63) is 102 Å². The number of hydrogen-bond acceptors (Lipinski definition) is 4. The molecule has 39 heavy (non-hydrogen) atoms. The van der Waals surface area contributed by atoms with E-state index in [0.29, 0.717) is 19.7 Å². The molecule has 0 bridgehead atoms. The predicted octanol–water partition coefficient (Wildman–Crippen LogP) is 7.83. The highest BCUT2D eigenvalue weighted by molar-refractivity contribution is 5.83. The van der Waals surface area contributed by atoms with Crippen LogP contribution in [0.25, 0.3) is 21.9 Å². The lowest BCUT2D eigenvalue weighted by molar-refractivity contribution is -0.0359. The molecule has 202 valence electrons. The molecule has 0 spiro atoms. The minimum absolute atomic E-state index is 0.155. The quantitative estimate of drug-likeness (QED) is 0.258. The van der Waals surface area contributed by atoms with Crippen LogP contribution in [0.2, 0.25) is 0 Å². The van der Waals surface area contributed by atoms with Gasteiger partial charge in [0.05, 0.1) is 26.4 Å². The molecule has 0 aliphatic carbocycles. The van der Waals surface area contributed by atoms with E-state index >= 15 is 0 Å². The first-order chi connectivity index (χ1) is 18.8. The summed E-state index contributed by atoms with van der Waals surface area (Å²) < 4.78 is 17.6. The zero-order valence-electron chi connectivity index (χ0n) is 23.2. The highest BCUT2D eigenvalue weighted by Gasteiger charge is 2.35. The van der Waals surface area contributed by atoms with Crippen LogP contribution in [0.1, 0.15) is 44.2 Å². The van der Waals surface area contributed by atoms with Gasteiger partial charge in [-0.25, -0.2) is 4.79 Å². The van der Waals surface area contributed by atoms with E-state index in [4.69, 9.17) is 14.2 Å². The van der Waals surface area contributed by atoms with E-state index < -0.39 is 5.60 Å². The summed E-state index contributed by atoms with van der Waals surface area (Å²) in [7, 11) is 1.68. The lowest BCUT2D eigenvalue weighted by Crippen LogP contribution is -2.48. The van der Waals surface area contributed by atoms with Crippen LogP contribution in [-0.2, 0) is 16.1 Å². The molecule has 4 aromatic rings. The first-order valence-electron chi connectivity index (χ1n) is 13.6. The highest BCUT2D eigenvalue weighted by atomic mass is 16.6. The minimum atomic E-state index is -0.540. The number of fused-ring (bicyclic) bond motifs is 1. The topological polar surface area (TPSA) is 48.0 Å². The molecule has 4 aromatic carbocycles. The smallest absolute Gasteiger partial charge is 0.410 e. The summed E-state index contributed by atoms with van der Waals surface area (Å²) >= 11 is 0. The molecule has 1 aliphatic heterocycles. The summed E-state index contributed by atoms with van der Waals surface area (Å²) in [6.07, 6.45) is 0.351. The number of benzene rings is 4. The second kappa shape index (κ2) is 11.5.